The predicted octanol–water partition coefficient (Wildman–Crippen LogP) is 3.41. The zero-order chi connectivity index (χ0) is 21.4. The lowest BCUT2D eigenvalue weighted by Gasteiger charge is -2.27. The van der Waals surface area contributed by atoms with E-state index in [0.717, 1.165) is 10.6 Å². The quantitative estimate of drug-likeness (QED) is 0.482. The maximum Gasteiger partial charge on any atom is 0.336 e. The first-order valence-electron chi connectivity index (χ1n) is 9.69. The summed E-state index contributed by atoms with van der Waals surface area (Å²) in [6, 6.07) is 16.4. The van der Waals surface area contributed by atoms with Crippen molar-refractivity contribution in [3.63, 3.8) is 0 Å². The fourth-order valence-electron chi connectivity index (χ4n) is 3.60. The SMILES string of the molecule is Cc1cc(OC(=O)[C@H](C(C)C)N2C(=O)c3ccccc3C2=O)n(-c2ccccc2)n1. The van der Waals surface area contributed by atoms with Gasteiger partial charge >= 0.3 is 5.97 Å². The average molecular weight is 403 g/mol. The third-order valence-electron chi connectivity index (χ3n) is 4.98. The minimum atomic E-state index is -1.06. The third kappa shape index (κ3) is 3.28. The fraction of sp³-hybridized carbons (Fsp3) is 0.217. The summed E-state index contributed by atoms with van der Waals surface area (Å²) < 4.78 is 7.19. The van der Waals surface area contributed by atoms with Gasteiger partial charge in [0.15, 0.2) is 0 Å². The molecule has 0 bridgehead atoms. The standard InChI is InChI=1S/C23H21N3O4/c1-14(2)20(25-21(27)17-11-7-8-12-18(17)22(25)28)23(29)30-19-13-15(3)24-26(19)16-9-5-4-6-10-16/h4-14,20H,1-3H3/t20-/m0/s1. The second-order valence-electron chi connectivity index (χ2n) is 7.51. The molecule has 0 saturated heterocycles. The van der Waals surface area contributed by atoms with Gasteiger partial charge in [0.1, 0.15) is 6.04 Å². The molecule has 152 valence electrons. The molecule has 2 heterocycles. The molecule has 1 aliphatic rings. The smallest absolute Gasteiger partial charge is 0.336 e. The predicted molar refractivity (Wildman–Crippen MR) is 110 cm³/mol. The number of esters is 1. The van der Waals surface area contributed by atoms with E-state index in [2.05, 4.69) is 5.10 Å². The Morgan fingerprint density at radius 3 is 2.07 bits per heavy atom. The van der Waals surface area contributed by atoms with Crippen molar-refractivity contribution >= 4 is 17.8 Å². The van der Waals surface area contributed by atoms with Crippen LogP contribution in [0.2, 0.25) is 0 Å². The van der Waals surface area contributed by atoms with E-state index in [4.69, 9.17) is 4.74 Å². The molecule has 2 amide bonds. The van der Waals surface area contributed by atoms with E-state index in [1.165, 1.54) is 4.68 Å². The molecule has 3 aromatic rings. The Morgan fingerprint density at radius 2 is 1.50 bits per heavy atom. The molecular formula is C23H21N3O4. The summed E-state index contributed by atoms with van der Waals surface area (Å²) in [7, 11) is 0. The Hall–Kier alpha value is -3.74. The van der Waals surface area contributed by atoms with Crippen LogP contribution in [-0.2, 0) is 4.79 Å². The van der Waals surface area contributed by atoms with Crippen LogP contribution in [0.5, 0.6) is 5.88 Å². The van der Waals surface area contributed by atoms with Crippen molar-refractivity contribution in [2.45, 2.75) is 26.8 Å². The first-order chi connectivity index (χ1) is 14.4. The van der Waals surface area contributed by atoms with Crippen molar-refractivity contribution in [1.82, 2.24) is 14.7 Å². The minimum Gasteiger partial charge on any atom is -0.406 e. The number of hydrogen-bond acceptors (Lipinski definition) is 5. The van der Waals surface area contributed by atoms with Gasteiger partial charge in [-0.15, -0.1) is 0 Å². The number of amides is 2. The summed E-state index contributed by atoms with van der Waals surface area (Å²) >= 11 is 0. The molecule has 7 heteroatoms. The van der Waals surface area contributed by atoms with Gasteiger partial charge in [-0.05, 0) is 37.1 Å². The van der Waals surface area contributed by atoms with E-state index in [9.17, 15) is 14.4 Å². The van der Waals surface area contributed by atoms with E-state index in [1.54, 1.807) is 51.1 Å². The van der Waals surface area contributed by atoms with Crippen LogP contribution in [-0.4, -0.2) is 38.5 Å². The Morgan fingerprint density at radius 1 is 0.933 bits per heavy atom. The van der Waals surface area contributed by atoms with Gasteiger partial charge in [-0.3, -0.25) is 14.5 Å². The number of rotatable bonds is 5. The molecule has 1 aliphatic heterocycles. The summed E-state index contributed by atoms with van der Waals surface area (Å²) in [4.78, 5) is 39.9. The number of ether oxygens (including phenoxy) is 1. The Bertz CT molecular complexity index is 1100. The maximum absolute atomic E-state index is 13.2. The molecule has 0 fully saturated rings. The normalized spacial score (nSPS) is 14.2. The third-order valence-corrected chi connectivity index (χ3v) is 4.98. The molecule has 0 aliphatic carbocycles. The van der Waals surface area contributed by atoms with Crippen LogP contribution in [0, 0.1) is 12.8 Å². The molecule has 1 atom stereocenters. The monoisotopic (exact) mass is 403 g/mol. The minimum absolute atomic E-state index is 0.228. The van der Waals surface area contributed by atoms with Crippen molar-refractivity contribution in [2.75, 3.05) is 0 Å². The van der Waals surface area contributed by atoms with Gasteiger partial charge in [-0.2, -0.15) is 5.10 Å². The number of hydrogen-bond donors (Lipinski definition) is 0. The largest absolute Gasteiger partial charge is 0.406 e. The number of imide groups is 1. The van der Waals surface area contributed by atoms with Crippen molar-refractivity contribution < 1.29 is 19.1 Å². The van der Waals surface area contributed by atoms with Gasteiger partial charge in [0.25, 0.3) is 11.8 Å². The Kier molecular flexibility index (Phi) is 4.95. The number of benzene rings is 2. The molecular weight excluding hydrogens is 382 g/mol. The number of fused-ring (bicyclic) bond motifs is 1. The summed E-state index contributed by atoms with van der Waals surface area (Å²) in [6.07, 6.45) is 0. The highest BCUT2D eigenvalue weighted by Crippen LogP contribution is 2.28. The number of carbonyl (C=O) groups excluding carboxylic acids is 3. The van der Waals surface area contributed by atoms with E-state index < -0.39 is 23.8 Å². The summed E-state index contributed by atoms with van der Waals surface area (Å²) in [5, 5.41) is 4.39. The molecule has 0 radical (unpaired) electrons. The summed E-state index contributed by atoms with van der Waals surface area (Å²) in [5.41, 5.74) is 2.00. The highest BCUT2D eigenvalue weighted by Gasteiger charge is 2.45. The number of nitrogens with zero attached hydrogens (tertiary/aromatic N) is 3. The highest BCUT2D eigenvalue weighted by molar-refractivity contribution is 6.22. The molecule has 0 spiro atoms. The second kappa shape index (κ2) is 7.59. The van der Waals surface area contributed by atoms with Gasteiger partial charge in [0.05, 0.1) is 22.5 Å². The van der Waals surface area contributed by atoms with E-state index >= 15 is 0 Å². The van der Waals surface area contributed by atoms with Crippen LogP contribution in [0.25, 0.3) is 5.69 Å². The second-order valence-corrected chi connectivity index (χ2v) is 7.51. The van der Waals surface area contributed by atoms with Gasteiger partial charge in [0, 0.05) is 6.07 Å². The van der Waals surface area contributed by atoms with E-state index in [0.29, 0.717) is 16.8 Å². The van der Waals surface area contributed by atoms with Gasteiger partial charge in [-0.25, -0.2) is 9.48 Å². The molecule has 1 aromatic heterocycles. The van der Waals surface area contributed by atoms with Crippen LogP contribution in [0.1, 0.15) is 40.3 Å². The summed E-state index contributed by atoms with van der Waals surface area (Å²) in [6.45, 7) is 5.34. The lowest BCUT2D eigenvalue weighted by Crippen LogP contribution is -2.49. The van der Waals surface area contributed by atoms with Crippen LogP contribution in [0.15, 0.2) is 60.7 Å². The van der Waals surface area contributed by atoms with E-state index in [-0.39, 0.29) is 11.8 Å². The number of aromatic nitrogens is 2. The molecule has 0 unspecified atom stereocenters. The lowest BCUT2D eigenvalue weighted by molar-refractivity contribution is -0.140. The number of para-hydroxylation sites is 1. The zero-order valence-electron chi connectivity index (χ0n) is 16.9. The number of carbonyl (C=O) groups is 3. The van der Waals surface area contributed by atoms with Crippen molar-refractivity contribution in [2.24, 2.45) is 5.92 Å². The van der Waals surface area contributed by atoms with E-state index in [1.807, 2.05) is 30.3 Å². The van der Waals surface area contributed by atoms with Crippen molar-refractivity contribution in [3.8, 4) is 11.6 Å². The van der Waals surface area contributed by atoms with Crippen LogP contribution in [0.4, 0.5) is 0 Å². The van der Waals surface area contributed by atoms with Crippen LogP contribution < -0.4 is 4.74 Å². The van der Waals surface area contributed by atoms with Crippen molar-refractivity contribution in [3.05, 3.63) is 77.5 Å². The molecule has 0 saturated carbocycles. The Balaban J connectivity index is 1.66. The zero-order valence-corrected chi connectivity index (χ0v) is 16.9. The first-order valence-corrected chi connectivity index (χ1v) is 9.69. The Labute approximate surface area is 173 Å². The number of aryl methyl sites for hydroxylation is 1. The molecule has 2 aromatic carbocycles. The van der Waals surface area contributed by atoms with Crippen LogP contribution >= 0.6 is 0 Å². The van der Waals surface area contributed by atoms with Crippen molar-refractivity contribution in [1.29, 1.82) is 0 Å². The maximum atomic E-state index is 13.2. The molecule has 7 nitrogen and oxygen atoms in total. The fourth-order valence-corrected chi connectivity index (χ4v) is 3.60. The highest BCUT2D eigenvalue weighted by atomic mass is 16.5. The first kappa shape index (κ1) is 19.6. The van der Waals surface area contributed by atoms with Gasteiger partial charge < -0.3 is 4.74 Å². The molecule has 30 heavy (non-hydrogen) atoms. The van der Waals surface area contributed by atoms with Crippen LogP contribution in [0.3, 0.4) is 0 Å². The van der Waals surface area contributed by atoms with Gasteiger partial charge in [0.2, 0.25) is 5.88 Å². The molecule has 4 rings (SSSR count). The topological polar surface area (TPSA) is 81.5 Å². The molecule has 0 N–H and O–H groups in total. The summed E-state index contributed by atoms with van der Waals surface area (Å²) in [5.74, 6) is -1.77. The lowest BCUT2D eigenvalue weighted by atomic mass is 10.0. The average Bonchev–Trinajstić information content (AvgIpc) is 3.21. The van der Waals surface area contributed by atoms with Gasteiger partial charge in [-0.1, -0.05) is 44.2 Å².